The first-order valence-corrected chi connectivity index (χ1v) is 6.90. The molecule has 0 fully saturated rings. The van der Waals surface area contributed by atoms with Crippen molar-refractivity contribution in [3.8, 4) is 0 Å². The molecule has 4 nitrogen and oxygen atoms in total. The normalized spacial score (nSPS) is 13.5. The van der Waals surface area contributed by atoms with E-state index < -0.39 is 5.60 Å². The maximum atomic E-state index is 10.4. The van der Waals surface area contributed by atoms with E-state index >= 15 is 0 Å². The van der Waals surface area contributed by atoms with Gasteiger partial charge in [0.05, 0.1) is 5.60 Å². The minimum atomic E-state index is -0.839. The average Bonchev–Trinajstić information content (AvgIpc) is 2.40. The van der Waals surface area contributed by atoms with Crippen LogP contribution in [0, 0.1) is 0 Å². The van der Waals surface area contributed by atoms with Crippen molar-refractivity contribution in [2.75, 3.05) is 19.6 Å². The van der Waals surface area contributed by atoms with Crippen LogP contribution in [0.25, 0.3) is 0 Å². The van der Waals surface area contributed by atoms with Gasteiger partial charge in [-0.15, -0.1) is 0 Å². The molecular weight excluding hydrogens is 238 g/mol. The van der Waals surface area contributed by atoms with Crippen LogP contribution in [0.2, 0.25) is 0 Å². The number of hydrogen-bond acceptors (Lipinski definition) is 2. The summed E-state index contributed by atoms with van der Waals surface area (Å²) in [6.07, 6.45) is 0.595. The Balaban J connectivity index is 2.57. The molecule has 4 heteroatoms. The zero-order chi connectivity index (χ0) is 14.1. The summed E-state index contributed by atoms with van der Waals surface area (Å²) in [5.41, 5.74) is 0.0903. The van der Waals surface area contributed by atoms with E-state index in [9.17, 15) is 5.11 Å². The fourth-order valence-corrected chi connectivity index (χ4v) is 1.84. The van der Waals surface area contributed by atoms with Gasteiger partial charge in [-0.1, -0.05) is 30.3 Å². The quantitative estimate of drug-likeness (QED) is 0.542. The Bertz CT molecular complexity index is 380. The predicted octanol–water partition coefficient (Wildman–Crippen LogP) is 1.86. The lowest BCUT2D eigenvalue weighted by molar-refractivity contribution is 0.0505. The Morgan fingerprint density at radius 3 is 2.26 bits per heavy atom. The van der Waals surface area contributed by atoms with E-state index in [-0.39, 0.29) is 0 Å². The van der Waals surface area contributed by atoms with Gasteiger partial charge in [-0.05, 0) is 32.8 Å². The SMILES string of the molecule is CCNC(=NCC[C@@](C)(O)c1ccccc1)NCC. The Morgan fingerprint density at radius 2 is 1.74 bits per heavy atom. The first-order valence-electron chi connectivity index (χ1n) is 6.90. The molecular formula is C15H25N3O. The molecule has 0 saturated carbocycles. The zero-order valence-corrected chi connectivity index (χ0v) is 12.1. The van der Waals surface area contributed by atoms with Gasteiger partial charge in [0.1, 0.15) is 0 Å². The predicted molar refractivity (Wildman–Crippen MR) is 80.3 cm³/mol. The zero-order valence-electron chi connectivity index (χ0n) is 12.1. The third kappa shape index (κ3) is 5.30. The maximum Gasteiger partial charge on any atom is 0.191 e. The molecule has 0 unspecified atom stereocenters. The minimum absolute atomic E-state index is 0.581. The number of guanidine groups is 1. The van der Waals surface area contributed by atoms with Gasteiger partial charge >= 0.3 is 0 Å². The summed E-state index contributed by atoms with van der Waals surface area (Å²) < 4.78 is 0. The number of hydrogen-bond donors (Lipinski definition) is 3. The van der Waals surface area contributed by atoms with E-state index in [1.807, 2.05) is 51.1 Å². The van der Waals surface area contributed by atoms with Crippen LogP contribution in [-0.2, 0) is 5.60 Å². The monoisotopic (exact) mass is 263 g/mol. The molecule has 0 amide bonds. The second kappa shape index (κ2) is 7.79. The summed E-state index contributed by atoms with van der Waals surface area (Å²) in [5.74, 6) is 0.800. The van der Waals surface area contributed by atoms with E-state index in [1.54, 1.807) is 0 Å². The number of nitrogens with one attached hydrogen (secondary N) is 2. The number of benzene rings is 1. The molecule has 0 bridgehead atoms. The van der Waals surface area contributed by atoms with Crippen molar-refractivity contribution < 1.29 is 5.11 Å². The molecule has 1 aromatic rings. The van der Waals surface area contributed by atoms with E-state index in [2.05, 4.69) is 15.6 Å². The Hall–Kier alpha value is -1.55. The largest absolute Gasteiger partial charge is 0.385 e. The summed E-state index contributed by atoms with van der Waals surface area (Å²) in [4.78, 5) is 4.45. The molecule has 0 spiro atoms. The molecule has 106 valence electrons. The molecule has 19 heavy (non-hydrogen) atoms. The van der Waals surface area contributed by atoms with Crippen LogP contribution >= 0.6 is 0 Å². The molecule has 0 radical (unpaired) electrons. The van der Waals surface area contributed by atoms with Crippen molar-refractivity contribution in [3.05, 3.63) is 35.9 Å². The van der Waals surface area contributed by atoms with Crippen molar-refractivity contribution in [1.29, 1.82) is 0 Å². The average molecular weight is 263 g/mol. The molecule has 0 aromatic heterocycles. The Labute approximate surface area is 116 Å². The fourth-order valence-electron chi connectivity index (χ4n) is 1.84. The van der Waals surface area contributed by atoms with Gasteiger partial charge in [-0.25, -0.2) is 0 Å². The summed E-state index contributed by atoms with van der Waals surface area (Å²) in [5, 5.41) is 16.8. The standard InChI is InChI=1S/C15H25N3O/c1-4-16-14(17-5-2)18-12-11-15(3,19)13-9-7-6-8-10-13/h6-10,19H,4-5,11-12H2,1-3H3,(H2,16,17,18)/t15-/m1/s1. The first kappa shape index (κ1) is 15.5. The van der Waals surface area contributed by atoms with Crippen LogP contribution in [0.15, 0.2) is 35.3 Å². The summed E-state index contributed by atoms with van der Waals surface area (Å²) in [7, 11) is 0. The highest BCUT2D eigenvalue weighted by atomic mass is 16.3. The smallest absolute Gasteiger partial charge is 0.191 e. The molecule has 0 heterocycles. The van der Waals surface area contributed by atoms with Gasteiger partial charge in [0.2, 0.25) is 0 Å². The molecule has 1 aromatic carbocycles. The molecule has 0 aliphatic rings. The van der Waals surface area contributed by atoms with E-state index in [0.29, 0.717) is 13.0 Å². The van der Waals surface area contributed by atoms with Gasteiger partial charge in [0.25, 0.3) is 0 Å². The fraction of sp³-hybridized carbons (Fsp3) is 0.533. The Kier molecular flexibility index (Phi) is 6.36. The van der Waals surface area contributed by atoms with Crippen LogP contribution in [0.1, 0.15) is 32.8 Å². The maximum absolute atomic E-state index is 10.4. The Morgan fingerprint density at radius 1 is 1.16 bits per heavy atom. The minimum Gasteiger partial charge on any atom is -0.385 e. The number of aliphatic imine (C=N–C) groups is 1. The summed E-state index contributed by atoms with van der Waals surface area (Å²) in [6, 6.07) is 9.72. The lowest BCUT2D eigenvalue weighted by atomic mass is 9.93. The van der Waals surface area contributed by atoms with Crippen LogP contribution in [0.4, 0.5) is 0 Å². The topological polar surface area (TPSA) is 56.7 Å². The van der Waals surface area contributed by atoms with Crippen molar-refractivity contribution in [2.45, 2.75) is 32.8 Å². The highest BCUT2D eigenvalue weighted by Gasteiger charge is 2.21. The van der Waals surface area contributed by atoms with Crippen molar-refractivity contribution in [2.24, 2.45) is 4.99 Å². The van der Waals surface area contributed by atoms with Gasteiger partial charge in [-0.3, -0.25) is 4.99 Å². The van der Waals surface area contributed by atoms with Crippen molar-refractivity contribution >= 4 is 5.96 Å². The lowest BCUT2D eigenvalue weighted by Gasteiger charge is -2.23. The van der Waals surface area contributed by atoms with Gasteiger partial charge in [-0.2, -0.15) is 0 Å². The van der Waals surface area contributed by atoms with E-state index in [0.717, 1.165) is 24.6 Å². The van der Waals surface area contributed by atoms with Crippen LogP contribution < -0.4 is 10.6 Å². The van der Waals surface area contributed by atoms with Crippen LogP contribution in [0.3, 0.4) is 0 Å². The van der Waals surface area contributed by atoms with Gasteiger partial charge in [0, 0.05) is 19.6 Å². The highest BCUT2D eigenvalue weighted by Crippen LogP contribution is 2.23. The highest BCUT2D eigenvalue weighted by molar-refractivity contribution is 5.79. The number of aliphatic hydroxyl groups is 1. The number of rotatable bonds is 6. The summed E-state index contributed by atoms with van der Waals surface area (Å²) >= 11 is 0. The van der Waals surface area contributed by atoms with E-state index in [4.69, 9.17) is 0 Å². The second-order valence-corrected chi connectivity index (χ2v) is 4.68. The lowest BCUT2D eigenvalue weighted by Crippen LogP contribution is -2.37. The summed E-state index contributed by atoms with van der Waals surface area (Å²) in [6.45, 7) is 8.15. The first-order chi connectivity index (χ1) is 9.10. The molecule has 0 aliphatic heterocycles. The molecule has 3 N–H and O–H groups in total. The molecule has 1 rings (SSSR count). The van der Waals surface area contributed by atoms with E-state index in [1.165, 1.54) is 0 Å². The molecule has 1 atom stereocenters. The third-order valence-electron chi connectivity index (χ3n) is 2.95. The van der Waals surface area contributed by atoms with Crippen molar-refractivity contribution in [3.63, 3.8) is 0 Å². The van der Waals surface area contributed by atoms with Crippen LogP contribution in [0.5, 0.6) is 0 Å². The third-order valence-corrected chi connectivity index (χ3v) is 2.95. The van der Waals surface area contributed by atoms with Crippen molar-refractivity contribution in [1.82, 2.24) is 10.6 Å². The molecule has 0 aliphatic carbocycles. The van der Waals surface area contributed by atoms with Gasteiger partial charge in [0.15, 0.2) is 5.96 Å². The van der Waals surface area contributed by atoms with Gasteiger partial charge < -0.3 is 15.7 Å². The molecule has 0 saturated heterocycles. The second-order valence-electron chi connectivity index (χ2n) is 4.68. The van der Waals surface area contributed by atoms with Crippen LogP contribution in [-0.4, -0.2) is 30.7 Å². The number of nitrogens with zero attached hydrogens (tertiary/aromatic N) is 1.